The quantitative estimate of drug-likeness (QED) is 0.852. The van der Waals surface area contributed by atoms with Crippen LogP contribution in [-0.4, -0.2) is 19.2 Å². The topological polar surface area (TPSA) is 21.3 Å². The Balaban J connectivity index is 1.98. The van der Waals surface area contributed by atoms with Crippen LogP contribution in [0.3, 0.4) is 0 Å². The molecule has 0 heterocycles. The van der Waals surface area contributed by atoms with Crippen molar-refractivity contribution in [2.24, 2.45) is 5.92 Å². The lowest BCUT2D eigenvalue weighted by molar-refractivity contribution is -0.0860. The third-order valence-corrected chi connectivity index (χ3v) is 4.58. The van der Waals surface area contributed by atoms with Crippen molar-refractivity contribution in [3.63, 3.8) is 0 Å². The van der Waals surface area contributed by atoms with Crippen LogP contribution in [0.25, 0.3) is 0 Å². The molecule has 3 heteroatoms. The van der Waals surface area contributed by atoms with Crippen molar-refractivity contribution in [3.8, 4) is 0 Å². The van der Waals surface area contributed by atoms with Crippen molar-refractivity contribution in [3.05, 3.63) is 35.6 Å². The highest BCUT2D eigenvalue weighted by molar-refractivity contribution is 5.16. The van der Waals surface area contributed by atoms with Crippen molar-refractivity contribution in [1.82, 2.24) is 5.32 Å². The lowest BCUT2D eigenvalue weighted by Crippen LogP contribution is -2.45. The third-order valence-electron chi connectivity index (χ3n) is 4.58. The smallest absolute Gasteiger partial charge is 0.128 e. The molecule has 0 saturated heterocycles. The van der Waals surface area contributed by atoms with Gasteiger partial charge in [-0.3, -0.25) is 0 Å². The molecule has 0 radical (unpaired) electrons. The third kappa shape index (κ3) is 3.80. The summed E-state index contributed by atoms with van der Waals surface area (Å²) in [6.07, 6.45) is 5.83. The Morgan fingerprint density at radius 3 is 2.60 bits per heavy atom. The summed E-state index contributed by atoms with van der Waals surface area (Å²) in [5.74, 6) is 0.659. The monoisotopic (exact) mass is 279 g/mol. The normalized spacial score (nSPS) is 26.6. The van der Waals surface area contributed by atoms with Crippen LogP contribution in [0.1, 0.15) is 44.6 Å². The van der Waals surface area contributed by atoms with E-state index in [1.54, 1.807) is 12.1 Å². The molecule has 1 N–H and O–H groups in total. The van der Waals surface area contributed by atoms with Crippen LogP contribution >= 0.6 is 0 Å². The van der Waals surface area contributed by atoms with Gasteiger partial charge in [-0.1, -0.05) is 31.5 Å². The Kier molecular flexibility index (Phi) is 5.55. The minimum atomic E-state index is -0.172. The van der Waals surface area contributed by atoms with Gasteiger partial charge in [0.05, 0.1) is 12.2 Å². The van der Waals surface area contributed by atoms with Crippen molar-refractivity contribution in [2.45, 2.75) is 51.2 Å². The lowest BCUT2D eigenvalue weighted by atomic mass is 9.77. The van der Waals surface area contributed by atoms with Crippen LogP contribution in [0.15, 0.2) is 24.3 Å². The van der Waals surface area contributed by atoms with Gasteiger partial charge < -0.3 is 10.1 Å². The first-order chi connectivity index (χ1) is 9.69. The minimum absolute atomic E-state index is 0.122. The number of benzene rings is 1. The van der Waals surface area contributed by atoms with E-state index in [9.17, 15) is 4.39 Å². The largest absolute Gasteiger partial charge is 0.369 e. The molecule has 0 bridgehead atoms. The molecule has 0 aliphatic heterocycles. The second-order valence-electron chi connectivity index (χ2n) is 5.95. The zero-order valence-electron chi connectivity index (χ0n) is 12.6. The van der Waals surface area contributed by atoms with Crippen LogP contribution in [0.4, 0.5) is 4.39 Å². The molecule has 1 aromatic rings. The fourth-order valence-corrected chi connectivity index (χ4v) is 3.15. The molecule has 112 valence electrons. The van der Waals surface area contributed by atoms with Gasteiger partial charge in [0, 0.05) is 12.1 Å². The maximum Gasteiger partial charge on any atom is 0.128 e. The summed E-state index contributed by atoms with van der Waals surface area (Å²) < 4.78 is 19.8. The first kappa shape index (κ1) is 15.5. The number of ether oxygens (including phenoxy) is 1. The molecule has 1 aromatic carbocycles. The van der Waals surface area contributed by atoms with Crippen LogP contribution in [-0.2, 0) is 11.3 Å². The minimum Gasteiger partial charge on any atom is -0.369 e. The SMILES string of the molecule is CCC1CCC(CNC)(OCc2ccccc2F)CC1. The van der Waals surface area contributed by atoms with E-state index in [4.69, 9.17) is 4.74 Å². The Labute approximate surface area is 121 Å². The van der Waals surface area contributed by atoms with E-state index in [1.165, 1.54) is 25.3 Å². The summed E-state index contributed by atoms with van der Waals surface area (Å²) in [6, 6.07) is 6.88. The second-order valence-corrected chi connectivity index (χ2v) is 5.95. The molecular formula is C17H26FNO. The molecule has 1 aliphatic carbocycles. The molecule has 0 atom stereocenters. The van der Waals surface area contributed by atoms with Gasteiger partial charge in [0.1, 0.15) is 5.82 Å². The van der Waals surface area contributed by atoms with Crippen molar-refractivity contribution in [1.29, 1.82) is 0 Å². The standard InChI is InChI=1S/C17H26FNO/c1-3-14-8-10-17(11-9-14,13-19-2)20-12-15-6-4-5-7-16(15)18/h4-7,14,19H,3,8-13H2,1-2H3. The summed E-state index contributed by atoms with van der Waals surface area (Å²) in [7, 11) is 1.96. The Hall–Kier alpha value is -0.930. The number of hydrogen-bond donors (Lipinski definition) is 1. The Bertz CT molecular complexity index is 413. The van der Waals surface area contributed by atoms with Crippen molar-refractivity contribution < 1.29 is 9.13 Å². The highest BCUT2D eigenvalue weighted by Crippen LogP contribution is 2.36. The fraction of sp³-hybridized carbons (Fsp3) is 0.647. The molecule has 20 heavy (non-hydrogen) atoms. The second kappa shape index (κ2) is 7.19. The average molecular weight is 279 g/mol. The van der Waals surface area contributed by atoms with Crippen LogP contribution < -0.4 is 5.32 Å². The van der Waals surface area contributed by atoms with E-state index in [2.05, 4.69) is 12.2 Å². The predicted octanol–water partition coefficient (Wildman–Crippen LogP) is 3.90. The number of rotatable bonds is 6. The van der Waals surface area contributed by atoms with Crippen LogP contribution in [0, 0.1) is 11.7 Å². The fourth-order valence-electron chi connectivity index (χ4n) is 3.15. The van der Waals surface area contributed by atoms with E-state index in [1.807, 2.05) is 13.1 Å². The molecule has 2 nitrogen and oxygen atoms in total. The van der Waals surface area contributed by atoms with Gasteiger partial charge in [-0.05, 0) is 44.7 Å². The number of hydrogen-bond acceptors (Lipinski definition) is 2. The maximum absolute atomic E-state index is 13.7. The van der Waals surface area contributed by atoms with Gasteiger partial charge in [-0.2, -0.15) is 0 Å². The highest BCUT2D eigenvalue weighted by atomic mass is 19.1. The molecule has 0 spiro atoms. The number of halogens is 1. The molecular weight excluding hydrogens is 253 g/mol. The zero-order chi connectivity index (χ0) is 14.4. The molecule has 1 fully saturated rings. The summed E-state index contributed by atoms with van der Waals surface area (Å²) in [5.41, 5.74) is 0.531. The van der Waals surface area contributed by atoms with E-state index >= 15 is 0 Å². The van der Waals surface area contributed by atoms with E-state index in [-0.39, 0.29) is 11.4 Å². The van der Waals surface area contributed by atoms with Crippen molar-refractivity contribution in [2.75, 3.05) is 13.6 Å². The number of nitrogens with one attached hydrogen (secondary N) is 1. The predicted molar refractivity (Wildman–Crippen MR) is 80.1 cm³/mol. The summed E-state index contributed by atoms with van der Waals surface area (Å²) in [5, 5.41) is 3.24. The van der Waals surface area contributed by atoms with Crippen LogP contribution in [0.2, 0.25) is 0 Å². The summed E-state index contributed by atoms with van der Waals surface area (Å²) >= 11 is 0. The van der Waals surface area contributed by atoms with Gasteiger partial charge >= 0.3 is 0 Å². The van der Waals surface area contributed by atoms with Gasteiger partial charge in [0.2, 0.25) is 0 Å². The molecule has 0 amide bonds. The van der Waals surface area contributed by atoms with Gasteiger partial charge in [0.25, 0.3) is 0 Å². The Morgan fingerprint density at radius 2 is 2.00 bits per heavy atom. The first-order valence-electron chi connectivity index (χ1n) is 7.71. The summed E-state index contributed by atoms with van der Waals surface area (Å²) in [4.78, 5) is 0. The highest BCUT2D eigenvalue weighted by Gasteiger charge is 2.35. The van der Waals surface area contributed by atoms with E-state index < -0.39 is 0 Å². The first-order valence-corrected chi connectivity index (χ1v) is 7.71. The maximum atomic E-state index is 13.7. The molecule has 1 saturated carbocycles. The van der Waals surface area contributed by atoms with Gasteiger partial charge in [-0.25, -0.2) is 4.39 Å². The number of likely N-dealkylation sites (N-methyl/N-ethyl adjacent to an activating group) is 1. The zero-order valence-corrected chi connectivity index (χ0v) is 12.6. The molecule has 2 rings (SSSR count). The van der Waals surface area contributed by atoms with E-state index in [0.29, 0.717) is 12.2 Å². The molecule has 1 aliphatic rings. The van der Waals surface area contributed by atoms with Crippen LogP contribution in [0.5, 0.6) is 0 Å². The van der Waals surface area contributed by atoms with E-state index in [0.717, 1.165) is 25.3 Å². The average Bonchev–Trinajstić information content (AvgIpc) is 2.48. The van der Waals surface area contributed by atoms with Gasteiger partial charge in [-0.15, -0.1) is 0 Å². The molecule has 0 unspecified atom stereocenters. The lowest BCUT2D eigenvalue weighted by Gasteiger charge is -2.40. The molecule has 0 aromatic heterocycles. The Morgan fingerprint density at radius 1 is 1.30 bits per heavy atom. The van der Waals surface area contributed by atoms with Gasteiger partial charge in [0.15, 0.2) is 0 Å². The van der Waals surface area contributed by atoms with Crippen molar-refractivity contribution >= 4 is 0 Å². The summed E-state index contributed by atoms with van der Waals surface area (Å²) in [6.45, 7) is 3.47.